The topological polar surface area (TPSA) is 38.0 Å². The molecule has 1 aliphatic carbocycles. The third-order valence-corrected chi connectivity index (χ3v) is 3.84. The van der Waals surface area contributed by atoms with Gasteiger partial charge in [0.15, 0.2) is 0 Å². The van der Waals surface area contributed by atoms with Crippen LogP contribution in [0.2, 0.25) is 5.15 Å². The van der Waals surface area contributed by atoms with E-state index in [1.165, 1.54) is 12.8 Å². The molecule has 16 heavy (non-hydrogen) atoms. The van der Waals surface area contributed by atoms with Crippen molar-refractivity contribution in [3.05, 3.63) is 16.4 Å². The van der Waals surface area contributed by atoms with Gasteiger partial charge in [-0.2, -0.15) is 5.10 Å². The number of nitrogens with zero attached hydrogens (tertiary/aromatic N) is 2. The van der Waals surface area contributed by atoms with Gasteiger partial charge in [-0.15, -0.1) is 0 Å². The summed E-state index contributed by atoms with van der Waals surface area (Å²) < 4.78 is 1.71. The van der Waals surface area contributed by atoms with Crippen LogP contribution >= 0.6 is 11.6 Å². The van der Waals surface area contributed by atoms with Gasteiger partial charge in [0, 0.05) is 12.6 Å². The van der Waals surface area contributed by atoms with Gasteiger partial charge in [0.2, 0.25) is 0 Å². The van der Waals surface area contributed by atoms with Crippen molar-refractivity contribution in [1.82, 2.24) is 9.78 Å². The maximum absolute atomic E-state index is 9.76. The lowest BCUT2D eigenvalue weighted by atomic mass is 10.0. The SMILES string of the molecule is Cc1nn(C)c(Cl)c1CCCC(O)C1CC1. The Labute approximate surface area is 101 Å². The van der Waals surface area contributed by atoms with Crippen LogP contribution in [0.1, 0.15) is 36.9 Å². The van der Waals surface area contributed by atoms with Gasteiger partial charge >= 0.3 is 0 Å². The quantitative estimate of drug-likeness (QED) is 0.862. The fourth-order valence-electron chi connectivity index (χ4n) is 2.16. The first-order chi connectivity index (χ1) is 7.59. The van der Waals surface area contributed by atoms with Crippen LogP contribution < -0.4 is 0 Å². The summed E-state index contributed by atoms with van der Waals surface area (Å²) in [5, 5.41) is 14.8. The Kier molecular flexibility index (Phi) is 3.55. The maximum Gasteiger partial charge on any atom is 0.130 e. The van der Waals surface area contributed by atoms with E-state index < -0.39 is 0 Å². The van der Waals surface area contributed by atoms with Crippen molar-refractivity contribution < 1.29 is 5.11 Å². The van der Waals surface area contributed by atoms with Crippen LogP contribution in [0.25, 0.3) is 0 Å². The van der Waals surface area contributed by atoms with Crippen molar-refractivity contribution in [2.45, 2.75) is 45.1 Å². The summed E-state index contributed by atoms with van der Waals surface area (Å²) in [5.41, 5.74) is 2.14. The molecule has 0 saturated heterocycles. The van der Waals surface area contributed by atoms with Crippen molar-refractivity contribution in [2.24, 2.45) is 13.0 Å². The zero-order valence-electron chi connectivity index (χ0n) is 9.91. The second-order valence-corrected chi connectivity index (χ2v) is 5.13. The molecule has 1 heterocycles. The van der Waals surface area contributed by atoms with Gasteiger partial charge in [-0.3, -0.25) is 4.68 Å². The summed E-state index contributed by atoms with van der Waals surface area (Å²) in [6.07, 6.45) is 5.10. The second kappa shape index (κ2) is 4.76. The number of aryl methyl sites for hydroxylation is 2. The van der Waals surface area contributed by atoms with Crippen LogP contribution in [0.4, 0.5) is 0 Å². The van der Waals surface area contributed by atoms with E-state index in [1.54, 1.807) is 4.68 Å². The minimum atomic E-state index is -0.101. The van der Waals surface area contributed by atoms with Gasteiger partial charge in [0.25, 0.3) is 0 Å². The molecular formula is C12H19ClN2O. The largest absolute Gasteiger partial charge is 0.393 e. The van der Waals surface area contributed by atoms with E-state index in [-0.39, 0.29) is 6.10 Å². The van der Waals surface area contributed by atoms with Gasteiger partial charge < -0.3 is 5.11 Å². The first-order valence-corrected chi connectivity index (χ1v) is 6.33. The molecule has 1 aromatic heterocycles. The molecule has 90 valence electrons. The van der Waals surface area contributed by atoms with Gasteiger partial charge in [-0.05, 0) is 44.9 Å². The molecule has 1 N–H and O–H groups in total. The molecule has 0 aliphatic heterocycles. The van der Waals surface area contributed by atoms with E-state index in [0.717, 1.165) is 35.7 Å². The zero-order valence-corrected chi connectivity index (χ0v) is 10.7. The molecule has 1 aromatic rings. The molecule has 0 aromatic carbocycles. The molecule has 1 atom stereocenters. The molecule has 1 fully saturated rings. The van der Waals surface area contributed by atoms with E-state index in [0.29, 0.717) is 5.92 Å². The Hall–Kier alpha value is -0.540. The van der Waals surface area contributed by atoms with Crippen LogP contribution in [0.15, 0.2) is 0 Å². The molecule has 1 unspecified atom stereocenters. The molecule has 1 aliphatic rings. The molecule has 0 radical (unpaired) electrons. The van der Waals surface area contributed by atoms with Crippen molar-refractivity contribution in [3.63, 3.8) is 0 Å². The third kappa shape index (κ3) is 2.58. The predicted octanol–water partition coefficient (Wildman–Crippen LogP) is 2.48. The molecule has 0 bridgehead atoms. The van der Waals surface area contributed by atoms with Gasteiger partial charge in [0.1, 0.15) is 5.15 Å². The summed E-state index contributed by atoms with van der Waals surface area (Å²) in [5.74, 6) is 0.575. The normalized spacial score (nSPS) is 17.8. The van der Waals surface area contributed by atoms with Crippen LogP contribution in [-0.2, 0) is 13.5 Å². The molecule has 3 nitrogen and oxygen atoms in total. The smallest absolute Gasteiger partial charge is 0.130 e. The fourth-order valence-corrected chi connectivity index (χ4v) is 2.43. The van der Waals surface area contributed by atoms with E-state index in [4.69, 9.17) is 11.6 Å². The summed E-state index contributed by atoms with van der Waals surface area (Å²) in [7, 11) is 1.86. The number of rotatable bonds is 5. The van der Waals surface area contributed by atoms with E-state index in [2.05, 4.69) is 5.10 Å². The van der Waals surface area contributed by atoms with Gasteiger partial charge in [-0.25, -0.2) is 0 Å². The zero-order chi connectivity index (χ0) is 11.7. The highest BCUT2D eigenvalue weighted by Gasteiger charge is 2.29. The minimum Gasteiger partial charge on any atom is -0.393 e. The molecule has 4 heteroatoms. The fraction of sp³-hybridized carbons (Fsp3) is 0.750. The van der Waals surface area contributed by atoms with Crippen molar-refractivity contribution in [3.8, 4) is 0 Å². The Morgan fingerprint density at radius 2 is 2.25 bits per heavy atom. The summed E-state index contributed by atoms with van der Waals surface area (Å²) >= 11 is 6.14. The van der Waals surface area contributed by atoms with Crippen molar-refractivity contribution in [2.75, 3.05) is 0 Å². The average molecular weight is 243 g/mol. The van der Waals surface area contributed by atoms with E-state index in [9.17, 15) is 5.11 Å². The summed E-state index contributed by atoms with van der Waals surface area (Å²) in [4.78, 5) is 0. The Morgan fingerprint density at radius 3 is 2.75 bits per heavy atom. The molecule has 0 spiro atoms. The number of hydrogen-bond donors (Lipinski definition) is 1. The number of halogens is 1. The average Bonchev–Trinajstić information content (AvgIpc) is 3.02. The highest BCUT2D eigenvalue weighted by Crippen LogP contribution is 2.34. The Balaban J connectivity index is 1.84. The van der Waals surface area contributed by atoms with E-state index in [1.807, 2.05) is 14.0 Å². The standard InChI is InChI=1S/C12H19ClN2O/c1-8-10(12(13)15(2)14-8)4-3-5-11(16)9-6-7-9/h9,11,16H,3-7H2,1-2H3. The highest BCUT2D eigenvalue weighted by atomic mass is 35.5. The maximum atomic E-state index is 9.76. The van der Waals surface area contributed by atoms with E-state index >= 15 is 0 Å². The van der Waals surface area contributed by atoms with Gasteiger partial charge in [-0.1, -0.05) is 11.6 Å². The number of aliphatic hydroxyl groups is 1. The van der Waals surface area contributed by atoms with Crippen LogP contribution in [0, 0.1) is 12.8 Å². The number of aromatic nitrogens is 2. The number of hydrogen-bond acceptors (Lipinski definition) is 2. The van der Waals surface area contributed by atoms with Gasteiger partial charge in [0.05, 0.1) is 11.8 Å². The lowest BCUT2D eigenvalue weighted by Crippen LogP contribution is -2.09. The molecule has 1 saturated carbocycles. The molecule has 2 rings (SSSR count). The van der Waals surface area contributed by atoms with Crippen LogP contribution in [0.3, 0.4) is 0 Å². The van der Waals surface area contributed by atoms with Crippen molar-refractivity contribution >= 4 is 11.6 Å². The molecular weight excluding hydrogens is 224 g/mol. The Bertz CT molecular complexity index is 371. The predicted molar refractivity (Wildman–Crippen MR) is 64.6 cm³/mol. The highest BCUT2D eigenvalue weighted by molar-refractivity contribution is 6.30. The first-order valence-electron chi connectivity index (χ1n) is 5.95. The lowest BCUT2D eigenvalue weighted by molar-refractivity contribution is 0.139. The monoisotopic (exact) mass is 242 g/mol. The van der Waals surface area contributed by atoms with Crippen LogP contribution in [0.5, 0.6) is 0 Å². The summed E-state index contributed by atoms with van der Waals surface area (Å²) in [6.45, 7) is 1.98. The number of aliphatic hydroxyl groups excluding tert-OH is 1. The lowest BCUT2D eigenvalue weighted by Gasteiger charge is -2.08. The van der Waals surface area contributed by atoms with Crippen molar-refractivity contribution in [1.29, 1.82) is 0 Å². The third-order valence-electron chi connectivity index (χ3n) is 3.36. The second-order valence-electron chi connectivity index (χ2n) is 4.78. The minimum absolute atomic E-state index is 0.101. The van der Waals surface area contributed by atoms with Crippen LogP contribution in [-0.4, -0.2) is 21.0 Å². The first kappa shape index (κ1) is 11.9. The Morgan fingerprint density at radius 1 is 1.56 bits per heavy atom. The molecule has 0 amide bonds. The summed E-state index contributed by atoms with van der Waals surface area (Å²) in [6, 6.07) is 0.